The Hall–Kier alpha value is -2.30. The highest BCUT2D eigenvalue weighted by Crippen LogP contribution is 2.21. The zero-order chi connectivity index (χ0) is 13.3. The number of amides is 1. The smallest absolute Gasteiger partial charge is 0.261 e. The van der Waals surface area contributed by atoms with Gasteiger partial charge in [-0.3, -0.25) is 9.48 Å². The minimum Gasteiger partial charge on any atom is -0.508 e. The van der Waals surface area contributed by atoms with E-state index in [0.29, 0.717) is 11.3 Å². The van der Waals surface area contributed by atoms with E-state index in [9.17, 15) is 9.90 Å². The first-order chi connectivity index (χ1) is 8.50. The van der Waals surface area contributed by atoms with Crippen LogP contribution in [0.15, 0.2) is 30.5 Å². The van der Waals surface area contributed by atoms with Crippen molar-refractivity contribution in [1.29, 1.82) is 0 Å². The number of nitrogens with zero attached hydrogens (tertiary/aromatic N) is 3. The van der Waals surface area contributed by atoms with Crippen LogP contribution in [-0.4, -0.2) is 27.8 Å². The molecule has 0 unspecified atom stereocenters. The lowest BCUT2D eigenvalue weighted by molar-refractivity contribution is 0.0992. The molecule has 0 radical (unpaired) electrons. The molecule has 5 heteroatoms. The Morgan fingerprint density at radius 2 is 2.17 bits per heavy atom. The topological polar surface area (TPSA) is 58.4 Å². The molecular weight excluding hydrogens is 230 g/mol. The molecular formula is C13H15N3O2. The molecule has 0 aliphatic rings. The second-order valence-corrected chi connectivity index (χ2v) is 4.15. The maximum atomic E-state index is 12.3. The van der Waals surface area contributed by atoms with Crippen LogP contribution in [0.4, 0.5) is 5.69 Å². The summed E-state index contributed by atoms with van der Waals surface area (Å²) in [5, 5.41) is 13.5. The van der Waals surface area contributed by atoms with Crippen molar-refractivity contribution < 1.29 is 9.90 Å². The molecule has 2 rings (SSSR count). The minimum absolute atomic E-state index is 0.134. The van der Waals surface area contributed by atoms with E-state index in [1.165, 1.54) is 4.90 Å². The number of phenols is 1. The zero-order valence-corrected chi connectivity index (χ0v) is 10.6. The Labute approximate surface area is 105 Å². The first-order valence-electron chi connectivity index (χ1n) is 5.56. The molecule has 1 N–H and O–H groups in total. The summed E-state index contributed by atoms with van der Waals surface area (Å²) in [6, 6.07) is 6.58. The van der Waals surface area contributed by atoms with Crippen LogP contribution in [0.1, 0.15) is 16.1 Å². The SMILES string of the molecule is Cc1c(C(=O)N(C)c2cccc(O)c2)cnn1C. The quantitative estimate of drug-likeness (QED) is 0.876. The first kappa shape index (κ1) is 12.2. The summed E-state index contributed by atoms with van der Waals surface area (Å²) in [6.45, 7) is 1.84. The van der Waals surface area contributed by atoms with Crippen molar-refractivity contribution in [2.24, 2.45) is 7.05 Å². The molecule has 0 atom stereocenters. The summed E-state index contributed by atoms with van der Waals surface area (Å²) >= 11 is 0. The monoisotopic (exact) mass is 245 g/mol. The Morgan fingerprint density at radius 1 is 1.44 bits per heavy atom. The van der Waals surface area contributed by atoms with Crippen molar-refractivity contribution in [3.05, 3.63) is 41.7 Å². The maximum absolute atomic E-state index is 12.3. The van der Waals surface area contributed by atoms with Gasteiger partial charge in [0.1, 0.15) is 5.75 Å². The predicted molar refractivity (Wildman–Crippen MR) is 68.8 cm³/mol. The molecule has 0 bridgehead atoms. The number of carbonyl (C=O) groups excluding carboxylic acids is 1. The van der Waals surface area contributed by atoms with Crippen molar-refractivity contribution in [3.63, 3.8) is 0 Å². The lowest BCUT2D eigenvalue weighted by Crippen LogP contribution is -2.26. The summed E-state index contributed by atoms with van der Waals surface area (Å²) in [6.07, 6.45) is 1.55. The molecule has 0 spiro atoms. The lowest BCUT2D eigenvalue weighted by Gasteiger charge is -2.17. The van der Waals surface area contributed by atoms with E-state index in [1.807, 2.05) is 6.92 Å². The standard InChI is InChI=1S/C13H15N3O2/c1-9-12(8-14-16(9)3)13(18)15(2)10-5-4-6-11(17)7-10/h4-8,17H,1-3H3. The fourth-order valence-electron chi connectivity index (χ4n) is 1.71. The molecule has 2 aromatic rings. The van der Waals surface area contributed by atoms with E-state index < -0.39 is 0 Å². The van der Waals surface area contributed by atoms with E-state index >= 15 is 0 Å². The number of carbonyl (C=O) groups is 1. The Kier molecular flexibility index (Phi) is 3.06. The zero-order valence-electron chi connectivity index (χ0n) is 10.6. The van der Waals surface area contributed by atoms with Gasteiger partial charge in [0.2, 0.25) is 0 Å². The van der Waals surface area contributed by atoms with E-state index in [2.05, 4.69) is 5.10 Å². The van der Waals surface area contributed by atoms with Crippen LogP contribution in [0.25, 0.3) is 0 Å². The average Bonchev–Trinajstić information content (AvgIpc) is 2.68. The number of aromatic nitrogens is 2. The molecule has 1 aromatic carbocycles. The fraction of sp³-hybridized carbons (Fsp3) is 0.231. The summed E-state index contributed by atoms with van der Waals surface area (Å²) in [5.74, 6) is -0.0127. The van der Waals surface area contributed by atoms with Crippen LogP contribution in [0.5, 0.6) is 5.75 Å². The second-order valence-electron chi connectivity index (χ2n) is 4.15. The van der Waals surface area contributed by atoms with E-state index in [1.54, 1.807) is 49.2 Å². The molecule has 1 aromatic heterocycles. The van der Waals surface area contributed by atoms with Crippen LogP contribution < -0.4 is 4.90 Å². The molecule has 5 nitrogen and oxygen atoms in total. The number of hydrogen-bond donors (Lipinski definition) is 1. The number of rotatable bonds is 2. The Bertz CT molecular complexity index is 590. The number of hydrogen-bond acceptors (Lipinski definition) is 3. The molecule has 18 heavy (non-hydrogen) atoms. The van der Waals surface area contributed by atoms with Crippen LogP contribution in [-0.2, 0) is 7.05 Å². The highest BCUT2D eigenvalue weighted by Gasteiger charge is 2.18. The average molecular weight is 245 g/mol. The van der Waals surface area contributed by atoms with E-state index in [0.717, 1.165) is 5.69 Å². The molecule has 94 valence electrons. The van der Waals surface area contributed by atoms with Gasteiger partial charge in [-0.15, -0.1) is 0 Å². The number of benzene rings is 1. The van der Waals surface area contributed by atoms with Crippen molar-refractivity contribution in [1.82, 2.24) is 9.78 Å². The van der Waals surface area contributed by atoms with Gasteiger partial charge in [-0.1, -0.05) is 6.07 Å². The first-order valence-corrected chi connectivity index (χ1v) is 5.56. The molecule has 0 fully saturated rings. The molecule has 0 aliphatic heterocycles. The van der Waals surface area contributed by atoms with E-state index in [4.69, 9.17) is 0 Å². The molecule has 0 saturated carbocycles. The molecule has 0 aliphatic carbocycles. The normalized spacial score (nSPS) is 10.4. The van der Waals surface area contributed by atoms with Gasteiger partial charge in [0.25, 0.3) is 5.91 Å². The van der Waals surface area contributed by atoms with E-state index in [-0.39, 0.29) is 11.7 Å². The van der Waals surface area contributed by atoms with Gasteiger partial charge in [0.15, 0.2) is 0 Å². The predicted octanol–water partition coefficient (Wildman–Crippen LogP) is 1.71. The van der Waals surface area contributed by atoms with Gasteiger partial charge in [-0.05, 0) is 19.1 Å². The Morgan fingerprint density at radius 3 is 2.72 bits per heavy atom. The summed E-state index contributed by atoms with van der Waals surface area (Å²) in [4.78, 5) is 13.8. The van der Waals surface area contributed by atoms with Crippen LogP contribution >= 0.6 is 0 Å². The van der Waals surface area contributed by atoms with Gasteiger partial charge < -0.3 is 10.0 Å². The van der Waals surface area contributed by atoms with Gasteiger partial charge in [0.05, 0.1) is 11.8 Å². The number of phenolic OH excluding ortho intramolecular Hbond substituents is 1. The highest BCUT2D eigenvalue weighted by molar-refractivity contribution is 6.06. The third-order valence-electron chi connectivity index (χ3n) is 2.99. The van der Waals surface area contributed by atoms with Gasteiger partial charge in [0, 0.05) is 31.5 Å². The minimum atomic E-state index is -0.147. The van der Waals surface area contributed by atoms with Crippen molar-refractivity contribution in [3.8, 4) is 5.75 Å². The molecule has 1 heterocycles. The highest BCUT2D eigenvalue weighted by atomic mass is 16.3. The third kappa shape index (κ3) is 2.07. The number of aryl methyl sites for hydroxylation is 1. The van der Waals surface area contributed by atoms with Crippen molar-refractivity contribution in [2.75, 3.05) is 11.9 Å². The fourth-order valence-corrected chi connectivity index (χ4v) is 1.71. The largest absolute Gasteiger partial charge is 0.508 e. The number of aromatic hydroxyl groups is 1. The maximum Gasteiger partial charge on any atom is 0.261 e. The second kappa shape index (κ2) is 4.52. The molecule has 1 amide bonds. The van der Waals surface area contributed by atoms with Crippen LogP contribution in [0.2, 0.25) is 0 Å². The van der Waals surface area contributed by atoms with Gasteiger partial charge in [-0.2, -0.15) is 5.10 Å². The Balaban J connectivity index is 2.32. The summed E-state index contributed by atoms with van der Waals surface area (Å²) in [7, 11) is 3.46. The molecule has 0 saturated heterocycles. The number of anilines is 1. The third-order valence-corrected chi connectivity index (χ3v) is 2.99. The van der Waals surface area contributed by atoms with Gasteiger partial charge >= 0.3 is 0 Å². The summed E-state index contributed by atoms with van der Waals surface area (Å²) in [5.41, 5.74) is 2.01. The van der Waals surface area contributed by atoms with Gasteiger partial charge in [-0.25, -0.2) is 0 Å². The van der Waals surface area contributed by atoms with Crippen LogP contribution in [0, 0.1) is 6.92 Å². The van der Waals surface area contributed by atoms with Crippen molar-refractivity contribution >= 4 is 11.6 Å². The summed E-state index contributed by atoms with van der Waals surface area (Å²) < 4.78 is 1.66. The van der Waals surface area contributed by atoms with Crippen molar-refractivity contribution in [2.45, 2.75) is 6.92 Å². The lowest BCUT2D eigenvalue weighted by atomic mass is 10.2. The van der Waals surface area contributed by atoms with Crippen LogP contribution in [0.3, 0.4) is 0 Å².